The maximum absolute atomic E-state index is 12.4. The van der Waals surface area contributed by atoms with Gasteiger partial charge in [-0.25, -0.2) is 0 Å². The van der Waals surface area contributed by atoms with Gasteiger partial charge in [-0.15, -0.1) is 10.2 Å². The summed E-state index contributed by atoms with van der Waals surface area (Å²) < 4.78 is 13.3. The number of nitrogens with one attached hydrogen (secondary N) is 1. The van der Waals surface area contributed by atoms with Gasteiger partial charge in [-0.2, -0.15) is 0 Å². The van der Waals surface area contributed by atoms with Gasteiger partial charge in [0.15, 0.2) is 17.1 Å². The van der Waals surface area contributed by atoms with E-state index < -0.39 is 0 Å². The number of carbonyl (C=O) groups excluding carboxylic acids is 1. The number of nitrogens with zero attached hydrogens (tertiary/aromatic N) is 3. The Morgan fingerprint density at radius 1 is 1.10 bits per heavy atom. The van der Waals surface area contributed by atoms with Crippen molar-refractivity contribution in [3.05, 3.63) is 59.9 Å². The summed E-state index contributed by atoms with van der Waals surface area (Å²) in [4.78, 5) is 12.4. The molecule has 7 nitrogen and oxygen atoms in total. The van der Waals surface area contributed by atoms with Gasteiger partial charge in [0.1, 0.15) is 11.5 Å². The van der Waals surface area contributed by atoms with E-state index >= 15 is 0 Å². The third-order valence-electron chi connectivity index (χ3n) is 4.59. The molecule has 1 N–H and O–H groups in total. The molecule has 8 heteroatoms. The zero-order valence-corrected chi connectivity index (χ0v) is 19.3. The summed E-state index contributed by atoms with van der Waals surface area (Å²) in [5.41, 5.74) is 1.93. The van der Waals surface area contributed by atoms with Crippen LogP contribution in [0.25, 0.3) is 0 Å². The van der Waals surface area contributed by atoms with Crippen molar-refractivity contribution in [1.29, 1.82) is 0 Å². The lowest BCUT2D eigenvalue weighted by atomic mass is 10.2. The van der Waals surface area contributed by atoms with Crippen LogP contribution < -0.4 is 14.8 Å². The molecule has 1 heterocycles. The second kappa shape index (κ2) is 10.3. The quantitative estimate of drug-likeness (QED) is 0.469. The Bertz CT molecular complexity index is 1020. The van der Waals surface area contributed by atoms with Crippen LogP contribution >= 0.6 is 11.8 Å². The molecule has 0 saturated carbocycles. The Hall–Kier alpha value is -3.00. The Morgan fingerprint density at radius 3 is 2.48 bits per heavy atom. The lowest BCUT2D eigenvalue weighted by molar-refractivity contribution is -0.113. The van der Waals surface area contributed by atoms with Crippen molar-refractivity contribution in [1.82, 2.24) is 14.8 Å². The van der Waals surface area contributed by atoms with Crippen LogP contribution in [-0.2, 0) is 4.79 Å². The summed E-state index contributed by atoms with van der Waals surface area (Å²) in [6.07, 6.45) is -0.322. The lowest BCUT2D eigenvalue weighted by Gasteiger charge is -2.19. The minimum absolute atomic E-state index is 0.0885. The van der Waals surface area contributed by atoms with Crippen LogP contribution in [0.3, 0.4) is 0 Å². The molecule has 0 fully saturated rings. The monoisotopic (exact) mass is 440 g/mol. The number of benzene rings is 2. The molecule has 1 unspecified atom stereocenters. The largest absolute Gasteiger partial charge is 0.497 e. The molecule has 3 aromatic rings. The van der Waals surface area contributed by atoms with Gasteiger partial charge >= 0.3 is 0 Å². The normalized spacial score (nSPS) is 11.9. The van der Waals surface area contributed by atoms with E-state index in [0.29, 0.717) is 16.7 Å². The summed E-state index contributed by atoms with van der Waals surface area (Å²) >= 11 is 1.36. The topological polar surface area (TPSA) is 78.3 Å². The Balaban J connectivity index is 1.67. The number of methoxy groups -OCH3 is 1. The summed E-state index contributed by atoms with van der Waals surface area (Å²) in [7, 11) is 1.62. The first kappa shape index (κ1) is 22.7. The first-order chi connectivity index (χ1) is 14.9. The van der Waals surface area contributed by atoms with Crippen LogP contribution in [0.15, 0.2) is 53.7 Å². The van der Waals surface area contributed by atoms with Crippen LogP contribution in [0.5, 0.6) is 11.5 Å². The number of anilines is 1. The van der Waals surface area contributed by atoms with Gasteiger partial charge in [-0.1, -0.05) is 35.5 Å². The van der Waals surface area contributed by atoms with Crippen LogP contribution in [0.2, 0.25) is 0 Å². The number of amides is 1. The maximum Gasteiger partial charge on any atom is 0.234 e. The summed E-state index contributed by atoms with van der Waals surface area (Å²) in [6, 6.07) is 15.3. The van der Waals surface area contributed by atoms with Crippen molar-refractivity contribution >= 4 is 23.4 Å². The number of ether oxygens (including phenoxy) is 2. The number of aromatic nitrogens is 3. The molecule has 2 aromatic carbocycles. The second-order valence-corrected chi connectivity index (χ2v) is 8.39. The number of rotatable bonds is 9. The molecule has 0 bridgehead atoms. The highest BCUT2D eigenvalue weighted by atomic mass is 32.2. The van der Waals surface area contributed by atoms with Crippen molar-refractivity contribution in [2.75, 3.05) is 18.2 Å². The third-order valence-corrected chi connectivity index (χ3v) is 5.54. The molecular weight excluding hydrogens is 412 g/mol. The van der Waals surface area contributed by atoms with E-state index in [0.717, 1.165) is 17.0 Å². The van der Waals surface area contributed by atoms with Gasteiger partial charge in [0.25, 0.3) is 0 Å². The number of carbonyl (C=O) groups is 1. The van der Waals surface area contributed by atoms with Gasteiger partial charge in [-0.05, 0) is 52.0 Å². The van der Waals surface area contributed by atoms with Crippen molar-refractivity contribution in [3.63, 3.8) is 0 Å². The third kappa shape index (κ3) is 6.01. The SMILES string of the molecule is COc1cccc(OC(C)c2nnc(SCC(=O)Nc3ccc(C)cc3)n2C(C)C)c1. The molecule has 3 rings (SSSR count). The van der Waals surface area contributed by atoms with Gasteiger partial charge in [0.05, 0.1) is 12.9 Å². The molecule has 0 aliphatic carbocycles. The predicted octanol–water partition coefficient (Wildman–Crippen LogP) is 5.05. The van der Waals surface area contributed by atoms with Crippen LogP contribution in [0.1, 0.15) is 44.3 Å². The Morgan fingerprint density at radius 2 is 1.81 bits per heavy atom. The molecule has 0 aliphatic heterocycles. The van der Waals surface area contributed by atoms with E-state index in [4.69, 9.17) is 9.47 Å². The van der Waals surface area contributed by atoms with E-state index in [1.54, 1.807) is 7.11 Å². The second-order valence-electron chi connectivity index (χ2n) is 7.45. The fourth-order valence-electron chi connectivity index (χ4n) is 3.04. The highest BCUT2D eigenvalue weighted by Gasteiger charge is 2.22. The summed E-state index contributed by atoms with van der Waals surface area (Å²) in [5.74, 6) is 2.28. The molecule has 164 valence electrons. The van der Waals surface area contributed by atoms with E-state index in [1.165, 1.54) is 11.8 Å². The Labute approximate surface area is 187 Å². The number of hydrogen-bond acceptors (Lipinski definition) is 6. The highest BCUT2D eigenvalue weighted by molar-refractivity contribution is 7.99. The fraction of sp³-hybridized carbons (Fsp3) is 0.348. The molecule has 1 amide bonds. The van der Waals surface area contributed by atoms with Gasteiger partial charge in [0.2, 0.25) is 5.91 Å². The number of hydrogen-bond donors (Lipinski definition) is 1. The summed E-state index contributed by atoms with van der Waals surface area (Å²) in [6.45, 7) is 8.06. The zero-order chi connectivity index (χ0) is 22.4. The van der Waals surface area contributed by atoms with E-state index in [9.17, 15) is 4.79 Å². The van der Waals surface area contributed by atoms with Crippen molar-refractivity contribution in [2.45, 2.75) is 45.0 Å². The zero-order valence-electron chi connectivity index (χ0n) is 18.5. The first-order valence-electron chi connectivity index (χ1n) is 10.1. The van der Waals surface area contributed by atoms with Crippen molar-refractivity contribution in [2.24, 2.45) is 0 Å². The van der Waals surface area contributed by atoms with E-state index in [2.05, 4.69) is 29.4 Å². The Kier molecular flexibility index (Phi) is 7.57. The van der Waals surface area contributed by atoms with E-state index in [-0.39, 0.29) is 23.8 Å². The van der Waals surface area contributed by atoms with Gasteiger partial charge < -0.3 is 19.4 Å². The molecule has 0 aliphatic rings. The average molecular weight is 441 g/mol. The molecular formula is C23H28N4O3S. The van der Waals surface area contributed by atoms with Gasteiger partial charge in [-0.3, -0.25) is 4.79 Å². The number of thioether (sulfide) groups is 1. The average Bonchev–Trinajstić information content (AvgIpc) is 3.18. The molecule has 0 spiro atoms. The lowest BCUT2D eigenvalue weighted by Crippen LogP contribution is -2.16. The fourth-order valence-corrected chi connectivity index (χ4v) is 3.92. The van der Waals surface area contributed by atoms with Gasteiger partial charge in [0, 0.05) is 17.8 Å². The predicted molar refractivity (Wildman–Crippen MR) is 123 cm³/mol. The maximum atomic E-state index is 12.4. The number of aryl methyl sites for hydroxylation is 1. The molecule has 1 atom stereocenters. The highest BCUT2D eigenvalue weighted by Crippen LogP contribution is 2.29. The van der Waals surface area contributed by atoms with Crippen LogP contribution in [0, 0.1) is 6.92 Å². The smallest absolute Gasteiger partial charge is 0.234 e. The summed E-state index contributed by atoms with van der Waals surface area (Å²) in [5, 5.41) is 12.3. The minimum atomic E-state index is -0.322. The molecule has 31 heavy (non-hydrogen) atoms. The molecule has 0 saturated heterocycles. The van der Waals surface area contributed by atoms with Crippen molar-refractivity contribution < 1.29 is 14.3 Å². The molecule has 0 radical (unpaired) electrons. The van der Waals surface area contributed by atoms with Crippen LogP contribution in [-0.4, -0.2) is 33.5 Å². The first-order valence-corrected chi connectivity index (χ1v) is 11.1. The minimum Gasteiger partial charge on any atom is -0.497 e. The van der Waals surface area contributed by atoms with Crippen LogP contribution in [0.4, 0.5) is 5.69 Å². The molecule has 1 aromatic heterocycles. The standard InChI is InChI=1S/C23H28N4O3S/c1-15(2)27-22(17(4)30-20-8-6-7-19(13-20)29-5)25-26-23(27)31-14-21(28)24-18-11-9-16(3)10-12-18/h6-13,15,17H,14H2,1-5H3,(H,24,28). The van der Waals surface area contributed by atoms with Crippen molar-refractivity contribution in [3.8, 4) is 11.5 Å². The van der Waals surface area contributed by atoms with E-state index in [1.807, 2.05) is 66.9 Å².